The first-order valence-corrected chi connectivity index (χ1v) is 4.38. The van der Waals surface area contributed by atoms with Crippen LogP contribution in [0.1, 0.15) is 22.8 Å². The van der Waals surface area contributed by atoms with Gasteiger partial charge < -0.3 is 5.73 Å². The lowest BCUT2D eigenvalue weighted by atomic mass is 10.1. The molecular formula is C9H10BrNO. The van der Waals surface area contributed by atoms with Crippen molar-refractivity contribution in [3.8, 4) is 0 Å². The highest BCUT2D eigenvalue weighted by molar-refractivity contribution is 9.10. The van der Waals surface area contributed by atoms with E-state index < -0.39 is 0 Å². The van der Waals surface area contributed by atoms with Gasteiger partial charge >= 0.3 is 0 Å². The van der Waals surface area contributed by atoms with Crippen LogP contribution < -0.4 is 5.73 Å². The number of rotatable bonds is 1. The van der Waals surface area contributed by atoms with Gasteiger partial charge in [-0.1, -0.05) is 0 Å². The predicted molar refractivity (Wildman–Crippen MR) is 53.3 cm³/mol. The molecule has 2 nitrogen and oxygen atoms in total. The van der Waals surface area contributed by atoms with Gasteiger partial charge in [-0.25, -0.2) is 0 Å². The zero-order valence-corrected chi connectivity index (χ0v) is 8.60. The minimum atomic E-state index is 0.0550. The second kappa shape index (κ2) is 3.27. The summed E-state index contributed by atoms with van der Waals surface area (Å²) in [5.41, 5.74) is 7.88. The summed E-state index contributed by atoms with van der Waals surface area (Å²) in [5, 5.41) is 0. The Labute approximate surface area is 79.9 Å². The van der Waals surface area contributed by atoms with E-state index in [0.29, 0.717) is 11.3 Å². The Morgan fingerprint density at radius 2 is 2.08 bits per heavy atom. The lowest BCUT2D eigenvalue weighted by Crippen LogP contribution is -1.99. The predicted octanol–water partition coefficient (Wildman–Crippen LogP) is 2.54. The zero-order chi connectivity index (χ0) is 9.30. The molecule has 1 aromatic rings. The van der Waals surface area contributed by atoms with Crippen LogP contribution in [0.5, 0.6) is 0 Å². The van der Waals surface area contributed by atoms with E-state index in [1.165, 1.54) is 0 Å². The third-order valence-electron chi connectivity index (χ3n) is 1.66. The standard InChI is InChI=1S/C9H10BrNO/c1-5-3-7(11)4-8(10)9(5)6(2)12/h3-4H,11H2,1-2H3. The van der Waals surface area contributed by atoms with E-state index in [1.807, 2.05) is 6.92 Å². The SMILES string of the molecule is CC(=O)c1c(C)cc(N)cc1Br. The first-order valence-electron chi connectivity index (χ1n) is 3.59. The number of carbonyl (C=O) groups excluding carboxylic acids is 1. The van der Waals surface area contributed by atoms with Crippen molar-refractivity contribution >= 4 is 27.4 Å². The van der Waals surface area contributed by atoms with Crippen molar-refractivity contribution in [3.05, 3.63) is 27.7 Å². The maximum Gasteiger partial charge on any atom is 0.161 e. The van der Waals surface area contributed by atoms with Gasteiger partial charge in [-0.15, -0.1) is 0 Å². The van der Waals surface area contributed by atoms with Crippen molar-refractivity contribution < 1.29 is 4.79 Å². The summed E-state index contributed by atoms with van der Waals surface area (Å²) in [5.74, 6) is 0.0550. The van der Waals surface area contributed by atoms with E-state index in [1.54, 1.807) is 19.1 Å². The van der Waals surface area contributed by atoms with Crippen molar-refractivity contribution in [2.24, 2.45) is 0 Å². The normalized spacial score (nSPS) is 9.92. The van der Waals surface area contributed by atoms with Gasteiger partial charge in [0.1, 0.15) is 0 Å². The molecule has 0 aliphatic heterocycles. The van der Waals surface area contributed by atoms with E-state index in [9.17, 15) is 4.79 Å². The summed E-state index contributed by atoms with van der Waals surface area (Å²) < 4.78 is 0.771. The van der Waals surface area contributed by atoms with E-state index in [4.69, 9.17) is 5.73 Å². The molecule has 64 valence electrons. The first kappa shape index (κ1) is 9.26. The Bertz CT molecular complexity index is 310. The van der Waals surface area contributed by atoms with E-state index in [2.05, 4.69) is 15.9 Å². The lowest BCUT2D eigenvalue weighted by molar-refractivity contribution is 0.101. The second-order valence-corrected chi connectivity index (χ2v) is 3.61. The third kappa shape index (κ3) is 1.67. The molecule has 0 amide bonds. The van der Waals surface area contributed by atoms with Gasteiger partial charge in [0.15, 0.2) is 5.78 Å². The molecule has 0 bridgehead atoms. The lowest BCUT2D eigenvalue weighted by Gasteiger charge is -2.05. The van der Waals surface area contributed by atoms with Crippen LogP contribution in [-0.4, -0.2) is 5.78 Å². The van der Waals surface area contributed by atoms with Crippen molar-refractivity contribution in [1.82, 2.24) is 0 Å². The molecule has 0 aliphatic carbocycles. The summed E-state index contributed by atoms with van der Waals surface area (Å²) >= 11 is 3.30. The minimum Gasteiger partial charge on any atom is -0.399 e. The third-order valence-corrected chi connectivity index (χ3v) is 2.29. The summed E-state index contributed by atoms with van der Waals surface area (Å²) in [4.78, 5) is 11.1. The number of carbonyl (C=O) groups is 1. The maximum atomic E-state index is 11.1. The smallest absolute Gasteiger partial charge is 0.161 e. The molecule has 0 fully saturated rings. The van der Waals surface area contributed by atoms with Gasteiger partial charge in [0.25, 0.3) is 0 Å². The molecular weight excluding hydrogens is 218 g/mol. The average Bonchev–Trinajstić information content (AvgIpc) is 1.82. The minimum absolute atomic E-state index is 0.0550. The summed E-state index contributed by atoms with van der Waals surface area (Å²) in [6, 6.07) is 3.53. The fourth-order valence-corrected chi connectivity index (χ4v) is 2.07. The topological polar surface area (TPSA) is 43.1 Å². The van der Waals surface area contributed by atoms with E-state index >= 15 is 0 Å². The summed E-state index contributed by atoms with van der Waals surface area (Å²) in [7, 11) is 0. The number of hydrogen-bond acceptors (Lipinski definition) is 2. The van der Waals surface area contributed by atoms with Crippen LogP contribution >= 0.6 is 15.9 Å². The number of hydrogen-bond donors (Lipinski definition) is 1. The highest BCUT2D eigenvalue weighted by Crippen LogP contribution is 2.24. The maximum absolute atomic E-state index is 11.1. The van der Waals surface area contributed by atoms with Crippen LogP contribution in [0.4, 0.5) is 5.69 Å². The largest absolute Gasteiger partial charge is 0.399 e. The monoisotopic (exact) mass is 227 g/mol. The molecule has 0 aliphatic rings. The van der Waals surface area contributed by atoms with Gasteiger partial charge in [0.05, 0.1) is 0 Å². The van der Waals surface area contributed by atoms with Crippen LogP contribution in [0.3, 0.4) is 0 Å². The van der Waals surface area contributed by atoms with Crippen LogP contribution in [0, 0.1) is 6.92 Å². The number of aryl methyl sites for hydroxylation is 1. The molecule has 0 unspecified atom stereocenters. The van der Waals surface area contributed by atoms with Crippen molar-refractivity contribution in [3.63, 3.8) is 0 Å². The molecule has 1 rings (SSSR count). The molecule has 0 atom stereocenters. The average molecular weight is 228 g/mol. The number of nitrogen functional groups attached to an aromatic ring is 1. The van der Waals surface area contributed by atoms with Crippen molar-refractivity contribution in [1.29, 1.82) is 0 Å². The molecule has 0 radical (unpaired) electrons. The Balaban J connectivity index is 3.38. The molecule has 0 spiro atoms. The van der Waals surface area contributed by atoms with Crippen molar-refractivity contribution in [2.75, 3.05) is 5.73 Å². The van der Waals surface area contributed by atoms with E-state index in [-0.39, 0.29) is 5.78 Å². The van der Waals surface area contributed by atoms with Crippen LogP contribution in [0.15, 0.2) is 16.6 Å². The Morgan fingerprint density at radius 3 is 2.50 bits per heavy atom. The quantitative estimate of drug-likeness (QED) is 0.592. The molecule has 1 aromatic carbocycles. The van der Waals surface area contributed by atoms with Crippen LogP contribution in [-0.2, 0) is 0 Å². The second-order valence-electron chi connectivity index (χ2n) is 2.75. The Morgan fingerprint density at radius 1 is 1.50 bits per heavy atom. The highest BCUT2D eigenvalue weighted by atomic mass is 79.9. The molecule has 0 aromatic heterocycles. The first-order chi connectivity index (χ1) is 5.52. The fourth-order valence-electron chi connectivity index (χ4n) is 1.22. The molecule has 3 heteroatoms. The molecule has 2 N–H and O–H groups in total. The summed E-state index contributed by atoms with van der Waals surface area (Å²) in [6.07, 6.45) is 0. The van der Waals surface area contributed by atoms with Crippen LogP contribution in [0.25, 0.3) is 0 Å². The Hall–Kier alpha value is -0.830. The fraction of sp³-hybridized carbons (Fsp3) is 0.222. The van der Waals surface area contributed by atoms with Gasteiger partial charge in [-0.05, 0) is 47.5 Å². The van der Waals surface area contributed by atoms with Gasteiger partial charge in [0, 0.05) is 15.7 Å². The number of ketones is 1. The van der Waals surface area contributed by atoms with Gasteiger partial charge in [-0.2, -0.15) is 0 Å². The number of anilines is 1. The zero-order valence-electron chi connectivity index (χ0n) is 7.02. The molecule has 0 saturated heterocycles. The van der Waals surface area contributed by atoms with Crippen LogP contribution in [0.2, 0.25) is 0 Å². The number of halogens is 1. The molecule has 0 heterocycles. The highest BCUT2D eigenvalue weighted by Gasteiger charge is 2.08. The molecule has 0 saturated carbocycles. The Kier molecular flexibility index (Phi) is 2.52. The summed E-state index contributed by atoms with van der Waals surface area (Å²) in [6.45, 7) is 3.42. The van der Waals surface area contributed by atoms with Gasteiger partial charge in [-0.3, -0.25) is 4.79 Å². The molecule has 12 heavy (non-hydrogen) atoms. The number of Topliss-reactive ketones (excluding diaryl/α,β-unsaturated/α-hetero) is 1. The number of nitrogens with two attached hydrogens (primary N) is 1. The number of benzene rings is 1. The van der Waals surface area contributed by atoms with Crippen molar-refractivity contribution in [2.45, 2.75) is 13.8 Å². The van der Waals surface area contributed by atoms with E-state index in [0.717, 1.165) is 10.0 Å². The van der Waals surface area contributed by atoms with Gasteiger partial charge in [0.2, 0.25) is 0 Å².